The van der Waals surface area contributed by atoms with E-state index in [-0.39, 0.29) is 5.92 Å². The highest BCUT2D eigenvalue weighted by Gasteiger charge is 2.14. The van der Waals surface area contributed by atoms with Gasteiger partial charge in [-0.05, 0) is 29.1 Å². The van der Waals surface area contributed by atoms with Crippen LogP contribution in [0.1, 0.15) is 13.8 Å². The Labute approximate surface area is 80.6 Å². The lowest BCUT2D eigenvalue weighted by Gasteiger charge is -2.07. The zero-order valence-electron chi connectivity index (χ0n) is 6.75. The first kappa shape index (κ1) is 14.2. The molecule has 0 aliphatic carbocycles. The molecule has 0 fully saturated rings. The normalized spacial score (nSPS) is 11.5. The average Bonchev–Trinajstić information content (AvgIpc) is 1.84. The van der Waals surface area contributed by atoms with Crippen LogP contribution in [0.25, 0.3) is 0 Å². The molecule has 0 radical (unpaired) electrons. The van der Waals surface area contributed by atoms with Gasteiger partial charge < -0.3 is 10.8 Å². The molecule has 1 atom stereocenters. The van der Waals surface area contributed by atoms with Crippen molar-refractivity contribution >= 4 is 33.9 Å². The molecule has 12 heavy (non-hydrogen) atoms. The summed E-state index contributed by atoms with van der Waals surface area (Å²) in [6, 6.07) is -0.713. The van der Waals surface area contributed by atoms with Crippen LogP contribution in [0.15, 0.2) is 0 Å². The quantitative estimate of drug-likeness (QED) is 0.687. The standard InChI is InChI=1S/C5H11NO2.CCl2O/c1-3(2)4(6)5(7)8;2-1(3)4/h3-4H,6H2,1-2H3,(H,7,8);/t4-;/m0./s1. The number of rotatable bonds is 2. The SMILES string of the molecule is CC(C)[C@H](N)C(=O)O.O=C(Cl)Cl. The fourth-order valence-electron chi connectivity index (χ4n) is 0.285. The van der Waals surface area contributed by atoms with Crippen molar-refractivity contribution in [1.82, 2.24) is 0 Å². The van der Waals surface area contributed by atoms with Gasteiger partial charge in [-0.1, -0.05) is 13.8 Å². The average molecular weight is 216 g/mol. The third kappa shape index (κ3) is 12.4. The first-order valence-corrected chi connectivity index (χ1v) is 3.88. The molecule has 0 unspecified atom stereocenters. The number of carboxylic acid groups (broad SMARTS) is 1. The maximum atomic E-state index is 10.0. The fourth-order valence-corrected chi connectivity index (χ4v) is 0.285. The van der Waals surface area contributed by atoms with E-state index in [9.17, 15) is 4.79 Å². The predicted octanol–water partition coefficient (Wildman–Crippen LogP) is 1.64. The van der Waals surface area contributed by atoms with Crippen molar-refractivity contribution in [1.29, 1.82) is 0 Å². The van der Waals surface area contributed by atoms with Gasteiger partial charge >= 0.3 is 10.7 Å². The molecule has 0 saturated heterocycles. The summed E-state index contributed by atoms with van der Waals surface area (Å²) < 4.78 is -0.889. The van der Waals surface area contributed by atoms with E-state index < -0.39 is 16.7 Å². The second kappa shape index (κ2) is 7.34. The third-order valence-corrected chi connectivity index (χ3v) is 1.00. The fraction of sp³-hybridized carbons (Fsp3) is 0.667. The summed E-state index contributed by atoms with van der Waals surface area (Å²) in [7, 11) is 0. The van der Waals surface area contributed by atoms with E-state index in [1.807, 2.05) is 0 Å². The summed E-state index contributed by atoms with van der Waals surface area (Å²) in [6.07, 6.45) is 0. The van der Waals surface area contributed by atoms with Crippen LogP contribution in [0.4, 0.5) is 4.79 Å². The molecule has 0 bridgehead atoms. The van der Waals surface area contributed by atoms with Gasteiger partial charge in [-0.2, -0.15) is 0 Å². The number of carbonyl (C=O) groups is 2. The minimum absolute atomic E-state index is 0.0208. The van der Waals surface area contributed by atoms with Gasteiger partial charge in [0.2, 0.25) is 0 Å². The van der Waals surface area contributed by atoms with Gasteiger partial charge in [0.05, 0.1) is 0 Å². The molecule has 0 aliphatic heterocycles. The van der Waals surface area contributed by atoms with Crippen LogP contribution in [0.3, 0.4) is 0 Å². The predicted molar refractivity (Wildman–Crippen MR) is 47.6 cm³/mol. The Balaban J connectivity index is 0. The molecule has 0 spiro atoms. The van der Waals surface area contributed by atoms with Gasteiger partial charge in [0.15, 0.2) is 0 Å². The summed E-state index contributed by atoms with van der Waals surface area (Å²) in [5.41, 5.74) is 5.16. The van der Waals surface area contributed by atoms with E-state index in [1.54, 1.807) is 13.8 Å². The highest BCUT2D eigenvalue weighted by atomic mass is 35.5. The smallest absolute Gasteiger partial charge is 0.320 e. The molecule has 0 saturated carbocycles. The number of hydrogen-bond acceptors (Lipinski definition) is 3. The van der Waals surface area contributed by atoms with Crippen molar-refractivity contribution in [3.05, 3.63) is 0 Å². The molecular formula is C6H11Cl2NO3. The second-order valence-corrected chi connectivity index (χ2v) is 3.21. The molecule has 0 heterocycles. The summed E-state index contributed by atoms with van der Waals surface area (Å²) in [5, 5.41) is 8.23. The van der Waals surface area contributed by atoms with Crippen LogP contribution in [0.2, 0.25) is 0 Å². The van der Waals surface area contributed by atoms with Crippen LogP contribution in [0.5, 0.6) is 0 Å². The van der Waals surface area contributed by atoms with Crippen molar-refractivity contribution in [2.75, 3.05) is 0 Å². The van der Waals surface area contributed by atoms with Gasteiger partial charge in [0.1, 0.15) is 6.04 Å². The first-order chi connectivity index (χ1) is 5.29. The number of nitrogens with two attached hydrogens (primary N) is 1. The van der Waals surface area contributed by atoms with E-state index in [0.717, 1.165) is 0 Å². The van der Waals surface area contributed by atoms with E-state index in [1.165, 1.54) is 0 Å². The van der Waals surface area contributed by atoms with Crippen LogP contribution >= 0.6 is 23.2 Å². The zero-order valence-corrected chi connectivity index (χ0v) is 8.26. The lowest BCUT2D eigenvalue weighted by atomic mass is 10.1. The van der Waals surface area contributed by atoms with Crippen LogP contribution in [-0.4, -0.2) is 21.8 Å². The number of hydrogen-bond donors (Lipinski definition) is 2. The van der Waals surface area contributed by atoms with Crippen LogP contribution in [-0.2, 0) is 4.79 Å². The lowest BCUT2D eigenvalue weighted by molar-refractivity contribution is -0.139. The van der Waals surface area contributed by atoms with Crippen molar-refractivity contribution in [2.45, 2.75) is 19.9 Å². The van der Waals surface area contributed by atoms with Gasteiger partial charge in [-0.3, -0.25) is 9.59 Å². The Morgan fingerprint density at radius 3 is 1.58 bits per heavy atom. The molecule has 0 aromatic carbocycles. The number of aliphatic carboxylic acids is 1. The van der Waals surface area contributed by atoms with E-state index in [0.29, 0.717) is 0 Å². The first-order valence-electron chi connectivity index (χ1n) is 3.12. The summed E-state index contributed by atoms with van der Waals surface area (Å²) in [5.74, 6) is -0.910. The summed E-state index contributed by atoms with van der Waals surface area (Å²) >= 11 is 8.80. The maximum Gasteiger partial charge on any atom is 0.320 e. The number of carboxylic acids is 1. The molecule has 0 aromatic rings. The number of carbonyl (C=O) groups excluding carboxylic acids is 1. The Morgan fingerprint density at radius 1 is 1.33 bits per heavy atom. The third-order valence-electron chi connectivity index (χ3n) is 1.00. The Morgan fingerprint density at radius 2 is 1.58 bits per heavy atom. The summed E-state index contributed by atoms with van der Waals surface area (Å²) in [4.78, 5) is 19.0. The highest BCUT2D eigenvalue weighted by molar-refractivity contribution is 6.93. The van der Waals surface area contributed by atoms with Crippen LogP contribution in [0, 0.1) is 5.92 Å². The van der Waals surface area contributed by atoms with Gasteiger partial charge in [0, 0.05) is 0 Å². The minimum atomic E-state index is -0.931. The van der Waals surface area contributed by atoms with E-state index in [2.05, 4.69) is 23.2 Å². The van der Waals surface area contributed by atoms with Crippen LogP contribution < -0.4 is 5.73 Å². The molecule has 4 nitrogen and oxygen atoms in total. The zero-order chi connectivity index (χ0) is 10.3. The molecular weight excluding hydrogens is 205 g/mol. The van der Waals surface area contributed by atoms with Gasteiger partial charge in [-0.15, -0.1) is 0 Å². The molecule has 0 amide bonds. The monoisotopic (exact) mass is 215 g/mol. The number of halogens is 2. The minimum Gasteiger partial charge on any atom is -0.480 e. The molecule has 0 rings (SSSR count). The van der Waals surface area contributed by atoms with Crippen molar-refractivity contribution in [3.63, 3.8) is 0 Å². The van der Waals surface area contributed by atoms with Crippen molar-refractivity contribution < 1.29 is 14.7 Å². The Bertz CT molecular complexity index is 157. The Kier molecular flexibility index (Phi) is 8.69. The maximum absolute atomic E-state index is 10.0. The lowest BCUT2D eigenvalue weighted by Crippen LogP contribution is -2.34. The summed E-state index contributed by atoms with van der Waals surface area (Å²) in [6.45, 7) is 3.55. The Hall–Kier alpha value is -0.320. The topological polar surface area (TPSA) is 80.4 Å². The second-order valence-electron chi connectivity index (χ2n) is 2.33. The molecule has 0 aliphatic rings. The van der Waals surface area contributed by atoms with Crippen molar-refractivity contribution in [3.8, 4) is 0 Å². The molecule has 3 N–H and O–H groups in total. The molecule has 72 valence electrons. The largest absolute Gasteiger partial charge is 0.480 e. The van der Waals surface area contributed by atoms with Gasteiger partial charge in [0.25, 0.3) is 0 Å². The molecule has 0 aromatic heterocycles. The molecule has 6 heteroatoms. The highest BCUT2D eigenvalue weighted by Crippen LogP contribution is 1.96. The van der Waals surface area contributed by atoms with E-state index in [4.69, 9.17) is 15.6 Å². The van der Waals surface area contributed by atoms with Gasteiger partial charge in [-0.25, -0.2) is 0 Å². The van der Waals surface area contributed by atoms with Crippen molar-refractivity contribution in [2.24, 2.45) is 11.7 Å². The van der Waals surface area contributed by atoms with E-state index >= 15 is 0 Å².